The van der Waals surface area contributed by atoms with Gasteiger partial charge in [-0.25, -0.2) is 4.79 Å². The molecule has 20 heavy (non-hydrogen) atoms. The first-order valence-corrected chi connectivity index (χ1v) is 7.46. The van der Waals surface area contributed by atoms with Crippen molar-refractivity contribution in [3.8, 4) is 0 Å². The van der Waals surface area contributed by atoms with Crippen LogP contribution in [0.25, 0.3) is 0 Å². The van der Waals surface area contributed by atoms with Crippen molar-refractivity contribution in [2.24, 2.45) is 0 Å². The van der Waals surface area contributed by atoms with Crippen LogP contribution in [-0.4, -0.2) is 55.0 Å². The molecule has 1 aliphatic rings. The van der Waals surface area contributed by atoms with Crippen LogP contribution in [0.1, 0.15) is 47.5 Å². The lowest BCUT2D eigenvalue weighted by Gasteiger charge is -2.40. The number of ether oxygens (including phenoxy) is 2. The van der Waals surface area contributed by atoms with Gasteiger partial charge in [-0.15, -0.1) is 0 Å². The highest BCUT2D eigenvalue weighted by Gasteiger charge is 2.33. The highest BCUT2D eigenvalue weighted by molar-refractivity contribution is 5.74. The summed E-state index contributed by atoms with van der Waals surface area (Å²) in [5.41, 5.74) is -0.444. The van der Waals surface area contributed by atoms with Gasteiger partial charge in [-0.05, 0) is 40.5 Å². The smallest absolute Gasteiger partial charge is 0.317 e. The monoisotopic (exact) mass is 286 g/mol. The summed E-state index contributed by atoms with van der Waals surface area (Å²) in [5.74, 6) is 0. The van der Waals surface area contributed by atoms with Gasteiger partial charge in [-0.2, -0.15) is 0 Å². The van der Waals surface area contributed by atoms with E-state index >= 15 is 0 Å². The Kier molecular flexibility index (Phi) is 5.83. The molecular formula is C15H30N2O3. The van der Waals surface area contributed by atoms with E-state index in [0.29, 0.717) is 19.7 Å². The zero-order valence-electron chi connectivity index (χ0n) is 13.8. The SMILES string of the molecule is CC[C@]1(C)CN(C(=O)N[C@H](C)CC(C)(C)OC)CCO1. The third-order valence-electron chi connectivity index (χ3n) is 4.09. The standard InChI is InChI=1S/C15H30N2O3/c1-7-15(5)11-17(8-9-20-15)13(18)16-12(2)10-14(3,4)19-6/h12H,7-11H2,1-6H3,(H,16,18)/t12-,15-/m1/s1. The first-order chi connectivity index (χ1) is 9.21. The molecule has 0 aromatic carbocycles. The lowest BCUT2D eigenvalue weighted by atomic mass is 9.99. The minimum absolute atomic E-state index is 0.00706. The Balaban J connectivity index is 2.50. The van der Waals surface area contributed by atoms with Crippen LogP contribution in [0.3, 0.4) is 0 Å². The van der Waals surface area contributed by atoms with E-state index in [-0.39, 0.29) is 23.3 Å². The van der Waals surface area contributed by atoms with Gasteiger partial charge in [0.1, 0.15) is 0 Å². The third-order valence-corrected chi connectivity index (χ3v) is 4.09. The Hall–Kier alpha value is -0.810. The molecule has 1 rings (SSSR count). The van der Waals surface area contributed by atoms with Gasteiger partial charge in [-0.1, -0.05) is 6.92 Å². The number of nitrogens with one attached hydrogen (secondary N) is 1. The summed E-state index contributed by atoms with van der Waals surface area (Å²) in [4.78, 5) is 14.2. The third kappa shape index (κ3) is 4.94. The number of hydrogen-bond donors (Lipinski definition) is 1. The number of amides is 2. The molecule has 0 saturated carbocycles. The van der Waals surface area contributed by atoms with Gasteiger partial charge in [0, 0.05) is 19.7 Å². The summed E-state index contributed by atoms with van der Waals surface area (Å²) in [6, 6.07) is 0.0700. The summed E-state index contributed by atoms with van der Waals surface area (Å²) in [7, 11) is 1.70. The van der Waals surface area contributed by atoms with E-state index < -0.39 is 0 Å². The van der Waals surface area contributed by atoms with E-state index in [2.05, 4.69) is 19.2 Å². The molecule has 0 radical (unpaired) electrons. The molecule has 5 heteroatoms. The van der Waals surface area contributed by atoms with Gasteiger partial charge >= 0.3 is 6.03 Å². The highest BCUT2D eigenvalue weighted by atomic mass is 16.5. The van der Waals surface area contributed by atoms with Crippen molar-refractivity contribution in [2.75, 3.05) is 26.8 Å². The topological polar surface area (TPSA) is 50.8 Å². The summed E-state index contributed by atoms with van der Waals surface area (Å²) >= 11 is 0. The largest absolute Gasteiger partial charge is 0.379 e. The zero-order chi connectivity index (χ0) is 15.4. The highest BCUT2D eigenvalue weighted by Crippen LogP contribution is 2.21. The summed E-state index contributed by atoms with van der Waals surface area (Å²) in [6.07, 6.45) is 1.69. The van der Waals surface area contributed by atoms with Crippen molar-refractivity contribution in [1.29, 1.82) is 0 Å². The minimum atomic E-state index is -0.227. The van der Waals surface area contributed by atoms with Gasteiger partial charge in [0.05, 0.1) is 24.4 Å². The molecule has 1 saturated heterocycles. The van der Waals surface area contributed by atoms with Crippen LogP contribution in [0.5, 0.6) is 0 Å². The second-order valence-electron chi connectivity index (χ2n) is 6.59. The normalized spacial score (nSPS) is 25.4. The molecule has 0 bridgehead atoms. The molecule has 1 N–H and O–H groups in total. The van der Waals surface area contributed by atoms with Gasteiger partial charge in [0.2, 0.25) is 0 Å². The summed E-state index contributed by atoms with van der Waals surface area (Å²) < 4.78 is 11.2. The van der Waals surface area contributed by atoms with E-state index in [1.54, 1.807) is 7.11 Å². The van der Waals surface area contributed by atoms with E-state index in [4.69, 9.17) is 9.47 Å². The zero-order valence-corrected chi connectivity index (χ0v) is 13.8. The second kappa shape index (κ2) is 6.76. The van der Waals surface area contributed by atoms with E-state index in [9.17, 15) is 4.79 Å². The number of nitrogens with zero attached hydrogens (tertiary/aromatic N) is 1. The maximum atomic E-state index is 12.3. The lowest BCUT2D eigenvalue weighted by molar-refractivity contribution is -0.0876. The van der Waals surface area contributed by atoms with Crippen LogP contribution in [0, 0.1) is 0 Å². The molecule has 1 fully saturated rings. The molecule has 2 amide bonds. The number of carbonyl (C=O) groups excluding carboxylic acids is 1. The molecule has 0 unspecified atom stereocenters. The molecular weight excluding hydrogens is 256 g/mol. The van der Waals surface area contributed by atoms with Crippen molar-refractivity contribution in [1.82, 2.24) is 10.2 Å². The predicted molar refractivity (Wildman–Crippen MR) is 79.9 cm³/mol. The number of methoxy groups -OCH3 is 1. The molecule has 118 valence electrons. The van der Waals surface area contributed by atoms with Gasteiger partial charge < -0.3 is 19.7 Å². The van der Waals surface area contributed by atoms with Crippen molar-refractivity contribution >= 4 is 6.03 Å². The summed E-state index contributed by atoms with van der Waals surface area (Å²) in [6.45, 7) is 12.1. The number of morpholine rings is 1. The van der Waals surface area contributed by atoms with E-state index in [1.807, 2.05) is 25.7 Å². The van der Waals surface area contributed by atoms with Crippen molar-refractivity contribution in [2.45, 2.75) is 64.7 Å². The number of hydrogen-bond acceptors (Lipinski definition) is 3. The Morgan fingerprint density at radius 3 is 2.75 bits per heavy atom. The van der Waals surface area contributed by atoms with Crippen LogP contribution in [-0.2, 0) is 9.47 Å². The Labute approximate surface area is 123 Å². The Morgan fingerprint density at radius 1 is 1.55 bits per heavy atom. The second-order valence-corrected chi connectivity index (χ2v) is 6.59. The number of carbonyl (C=O) groups is 1. The average molecular weight is 286 g/mol. The van der Waals surface area contributed by atoms with Gasteiger partial charge in [-0.3, -0.25) is 0 Å². The van der Waals surface area contributed by atoms with E-state index in [0.717, 1.165) is 12.8 Å². The van der Waals surface area contributed by atoms with Gasteiger partial charge in [0.15, 0.2) is 0 Å². The maximum absolute atomic E-state index is 12.3. The quantitative estimate of drug-likeness (QED) is 0.844. The van der Waals surface area contributed by atoms with Gasteiger partial charge in [0.25, 0.3) is 0 Å². The van der Waals surface area contributed by atoms with Crippen LogP contribution in [0.4, 0.5) is 4.79 Å². The first kappa shape index (κ1) is 17.2. The number of urea groups is 1. The lowest BCUT2D eigenvalue weighted by Crippen LogP contribution is -2.56. The van der Waals surface area contributed by atoms with Crippen LogP contribution in [0.15, 0.2) is 0 Å². The van der Waals surface area contributed by atoms with Crippen molar-refractivity contribution in [3.63, 3.8) is 0 Å². The molecule has 0 aliphatic carbocycles. The van der Waals surface area contributed by atoms with Crippen molar-refractivity contribution in [3.05, 3.63) is 0 Å². The Bertz CT molecular complexity index is 333. The number of rotatable bonds is 5. The molecule has 1 aliphatic heterocycles. The minimum Gasteiger partial charge on any atom is -0.379 e. The fraction of sp³-hybridized carbons (Fsp3) is 0.933. The van der Waals surface area contributed by atoms with Crippen LogP contribution < -0.4 is 5.32 Å². The maximum Gasteiger partial charge on any atom is 0.317 e. The molecule has 0 spiro atoms. The fourth-order valence-corrected chi connectivity index (χ4v) is 2.49. The van der Waals surface area contributed by atoms with Crippen LogP contribution in [0.2, 0.25) is 0 Å². The van der Waals surface area contributed by atoms with E-state index in [1.165, 1.54) is 0 Å². The average Bonchev–Trinajstić information content (AvgIpc) is 2.38. The van der Waals surface area contributed by atoms with Crippen LogP contribution >= 0.6 is 0 Å². The fourth-order valence-electron chi connectivity index (χ4n) is 2.49. The molecule has 0 aromatic heterocycles. The van der Waals surface area contributed by atoms with Crippen molar-refractivity contribution < 1.29 is 14.3 Å². The predicted octanol–water partition coefficient (Wildman–Crippen LogP) is 2.40. The first-order valence-electron chi connectivity index (χ1n) is 7.46. The molecule has 0 aromatic rings. The molecule has 5 nitrogen and oxygen atoms in total. The molecule has 1 heterocycles. The Morgan fingerprint density at radius 2 is 2.20 bits per heavy atom. The molecule has 2 atom stereocenters. The summed E-state index contributed by atoms with van der Waals surface area (Å²) in [5, 5.41) is 3.05.